The smallest absolute Gasteiger partial charge is 0.319 e. The van der Waals surface area contributed by atoms with Gasteiger partial charge in [-0.25, -0.2) is 4.79 Å². The van der Waals surface area contributed by atoms with Crippen molar-refractivity contribution in [2.75, 3.05) is 29.9 Å². The minimum atomic E-state index is -0.277. The summed E-state index contributed by atoms with van der Waals surface area (Å²) in [5, 5.41) is 5.65. The van der Waals surface area contributed by atoms with Crippen molar-refractivity contribution in [2.24, 2.45) is 5.92 Å². The molecule has 1 aliphatic heterocycles. The van der Waals surface area contributed by atoms with Gasteiger partial charge in [-0.1, -0.05) is 17.7 Å². The van der Waals surface area contributed by atoms with E-state index in [-0.39, 0.29) is 17.9 Å². The number of ether oxygens (including phenoxy) is 1. The quantitative estimate of drug-likeness (QED) is 0.820. The number of hydrogen-bond acceptors (Lipinski definition) is 3. The first-order chi connectivity index (χ1) is 13.0. The maximum atomic E-state index is 12.3. The van der Waals surface area contributed by atoms with E-state index in [0.29, 0.717) is 31.8 Å². The van der Waals surface area contributed by atoms with Crippen molar-refractivity contribution in [3.63, 3.8) is 0 Å². The van der Waals surface area contributed by atoms with Crippen LogP contribution in [0.3, 0.4) is 0 Å². The Hall–Kier alpha value is -3.02. The maximum Gasteiger partial charge on any atom is 0.319 e. The third-order valence-corrected chi connectivity index (χ3v) is 4.53. The van der Waals surface area contributed by atoms with Crippen LogP contribution in [0.15, 0.2) is 48.5 Å². The first kappa shape index (κ1) is 18.8. The molecule has 0 aromatic heterocycles. The Bertz CT molecular complexity index is 787. The number of nitrogens with zero attached hydrogens (tertiary/aromatic N) is 1. The van der Waals surface area contributed by atoms with Crippen molar-refractivity contribution in [1.82, 2.24) is 5.32 Å². The molecule has 0 radical (unpaired) electrons. The summed E-state index contributed by atoms with van der Waals surface area (Å²) >= 11 is 0. The molecule has 1 heterocycles. The zero-order valence-corrected chi connectivity index (χ0v) is 15.7. The van der Waals surface area contributed by atoms with Gasteiger partial charge in [0, 0.05) is 36.8 Å². The molecule has 0 aliphatic carbocycles. The summed E-state index contributed by atoms with van der Waals surface area (Å²) in [6.07, 6.45) is 0.442. The average Bonchev–Trinajstić information content (AvgIpc) is 3.03. The van der Waals surface area contributed by atoms with E-state index in [1.807, 2.05) is 50.2 Å². The average molecular weight is 367 g/mol. The number of anilines is 2. The molecule has 2 aromatic rings. The molecule has 0 spiro atoms. The normalized spacial score (nSPS) is 16.3. The molecule has 27 heavy (non-hydrogen) atoms. The largest absolute Gasteiger partial charge is 0.494 e. The number of hydrogen-bond donors (Lipinski definition) is 2. The lowest BCUT2D eigenvalue weighted by Gasteiger charge is -2.17. The molecular weight excluding hydrogens is 342 g/mol. The third-order valence-electron chi connectivity index (χ3n) is 4.53. The van der Waals surface area contributed by atoms with Crippen LogP contribution in [-0.2, 0) is 4.79 Å². The summed E-state index contributed by atoms with van der Waals surface area (Å²) in [6, 6.07) is 14.9. The highest BCUT2D eigenvalue weighted by Gasteiger charge is 2.30. The van der Waals surface area contributed by atoms with Crippen molar-refractivity contribution in [1.29, 1.82) is 0 Å². The van der Waals surface area contributed by atoms with Gasteiger partial charge in [-0.3, -0.25) is 4.79 Å². The molecule has 6 heteroatoms. The Labute approximate surface area is 159 Å². The van der Waals surface area contributed by atoms with E-state index in [2.05, 4.69) is 10.6 Å². The maximum absolute atomic E-state index is 12.3. The Morgan fingerprint density at radius 3 is 2.52 bits per heavy atom. The zero-order valence-electron chi connectivity index (χ0n) is 15.7. The third kappa shape index (κ3) is 5.00. The number of carbonyl (C=O) groups excluding carboxylic acids is 2. The standard InChI is InChI=1S/C21H25N3O3/c1-3-27-19-10-6-17(7-11-19)23-21(26)22-13-16-12-20(25)24(14-16)18-8-4-15(2)5-9-18/h4-11,16H,3,12-14H2,1-2H3,(H2,22,23,26). The second-order valence-corrected chi connectivity index (χ2v) is 6.70. The fraction of sp³-hybridized carbons (Fsp3) is 0.333. The lowest BCUT2D eigenvalue weighted by molar-refractivity contribution is -0.117. The van der Waals surface area contributed by atoms with Crippen LogP contribution < -0.4 is 20.3 Å². The molecule has 1 aliphatic rings. The Morgan fingerprint density at radius 2 is 1.85 bits per heavy atom. The van der Waals surface area contributed by atoms with Crippen LogP contribution in [0.25, 0.3) is 0 Å². The Balaban J connectivity index is 1.47. The second-order valence-electron chi connectivity index (χ2n) is 6.70. The van der Waals surface area contributed by atoms with Crippen molar-refractivity contribution in [2.45, 2.75) is 20.3 Å². The molecule has 2 aromatic carbocycles. The summed E-state index contributed by atoms with van der Waals surface area (Å²) in [5.41, 5.74) is 2.77. The Morgan fingerprint density at radius 1 is 1.15 bits per heavy atom. The van der Waals surface area contributed by atoms with E-state index in [4.69, 9.17) is 4.74 Å². The second kappa shape index (κ2) is 8.58. The molecule has 2 N–H and O–H groups in total. The molecule has 1 fully saturated rings. The van der Waals surface area contributed by atoms with E-state index in [9.17, 15) is 9.59 Å². The van der Waals surface area contributed by atoms with Gasteiger partial charge < -0.3 is 20.3 Å². The summed E-state index contributed by atoms with van der Waals surface area (Å²) in [6.45, 7) is 5.62. The van der Waals surface area contributed by atoms with Crippen molar-refractivity contribution < 1.29 is 14.3 Å². The molecule has 142 valence electrons. The van der Waals surface area contributed by atoms with Crippen LogP contribution in [0.5, 0.6) is 5.75 Å². The summed E-state index contributed by atoms with van der Waals surface area (Å²) in [5.74, 6) is 0.964. The minimum absolute atomic E-state index is 0.0950. The van der Waals surface area contributed by atoms with Gasteiger partial charge in [-0.2, -0.15) is 0 Å². The highest BCUT2D eigenvalue weighted by atomic mass is 16.5. The topological polar surface area (TPSA) is 70.7 Å². The van der Waals surface area contributed by atoms with E-state index >= 15 is 0 Å². The summed E-state index contributed by atoms with van der Waals surface area (Å²) in [7, 11) is 0. The van der Waals surface area contributed by atoms with E-state index in [1.165, 1.54) is 0 Å². The number of aryl methyl sites for hydroxylation is 1. The molecule has 1 saturated heterocycles. The lowest BCUT2D eigenvalue weighted by atomic mass is 10.1. The van der Waals surface area contributed by atoms with Gasteiger partial charge in [0.15, 0.2) is 0 Å². The van der Waals surface area contributed by atoms with E-state index in [1.54, 1.807) is 17.0 Å². The number of rotatable bonds is 6. The number of urea groups is 1. The van der Waals surface area contributed by atoms with Crippen LogP contribution in [0.1, 0.15) is 18.9 Å². The fourth-order valence-electron chi connectivity index (χ4n) is 3.11. The van der Waals surface area contributed by atoms with Crippen molar-refractivity contribution in [3.8, 4) is 5.75 Å². The van der Waals surface area contributed by atoms with Gasteiger partial charge in [0.2, 0.25) is 5.91 Å². The van der Waals surface area contributed by atoms with Crippen LogP contribution in [0.4, 0.5) is 16.2 Å². The number of amides is 3. The van der Waals surface area contributed by atoms with E-state index < -0.39 is 0 Å². The molecular formula is C21H25N3O3. The number of nitrogens with one attached hydrogen (secondary N) is 2. The predicted octanol–water partition coefficient (Wildman–Crippen LogP) is 3.57. The van der Waals surface area contributed by atoms with Gasteiger partial charge in [0.1, 0.15) is 5.75 Å². The fourth-order valence-corrected chi connectivity index (χ4v) is 3.11. The number of benzene rings is 2. The van der Waals surface area contributed by atoms with Crippen molar-refractivity contribution in [3.05, 3.63) is 54.1 Å². The predicted molar refractivity (Wildman–Crippen MR) is 106 cm³/mol. The minimum Gasteiger partial charge on any atom is -0.494 e. The SMILES string of the molecule is CCOc1ccc(NC(=O)NCC2CC(=O)N(c3ccc(C)cc3)C2)cc1. The number of carbonyl (C=O) groups is 2. The Kier molecular flexibility index (Phi) is 5.96. The summed E-state index contributed by atoms with van der Waals surface area (Å²) < 4.78 is 5.38. The van der Waals surface area contributed by atoms with Crippen LogP contribution >= 0.6 is 0 Å². The molecule has 3 rings (SSSR count). The molecule has 6 nitrogen and oxygen atoms in total. The van der Waals surface area contributed by atoms with Gasteiger partial charge in [0.25, 0.3) is 0 Å². The van der Waals surface area contributed by atoms with Crippen molar-refractivity contribution >= 4 is 23.3 Å². The highest BCUT2D eigenvalue weighted by molar-refractivity contribution is 5.96. The molecule has 3 amide bonds. The molecule has 1 atom stereocenters. The monoisotopic (exact) mass is 367 g/mol. The van der Waals surface area contributed by atoms with Gasteiger partial charge >= 0.3 is 6.03 Å². The first-order valence-electron chi connectivity index (χ1n) is 9.20. The van der Waals surface area contributed by atoms with Gasteiger partial charge in [0.05, 0.1) is 6.61 Å². The highest BCUT2D eigenvalue weighted by Crippen LogP contribution is 2.25. The van der Waals surface area contributed by atoms with Crippen LogP contribution in [-0.4, -0.2) is 31.6 Å². The molecule has 0 bridgehead atoms. The summed E-state index contributed by atoms with van der Waals surface area (Å²) in [4.78, 5) is 26.2. The lowest BCUT2D eigenvalue weighted by Crippen LogP contribution is -2.34. The van der Waals surface area contributed by atoms with Gasteiger partial charge in [-0.15, -0.1) is 0 Å². The van der Waals surface area contributed by atoms with Gasteiger partial charge in [-0.05, 0) is 50.2 Å². The molecule has 1 unspecified atom stereocenters. The zero-order chi connectivity index (χ0) is 19.2. The first-order valence-corrected chi connectivity index (χ1v) is 9.20. The van der Waals surface area contributed by atoms with Crippen LogP contribution in [0, 0.1) is 12.8 Å². The van der Waals surface area contributed by atoms with Crippen LogP contribution in [0.2, 0.25) is 0 Å². The van der Waals surface area contributed by atoms with E-state index in [0.717, 1.165) is 17.0 Å². The molecule has 0 saturated carbocycles.